The van der Waals surface area contributed by atoms with Gasteiger partial charge in [0.25, 0.3) is 0 Å². The summed E-state index contributed by atoms with van der Waals surface area (Å²) in [5, 5.41) is 4.32. The molecule has 1 aliphatic rings. The van der Waals surface area contributed by atoms with E-state index in [1.165, 1.54) is 41.6 Å². The summed E-state index contributed by atoms with van der Waals surface area (Å²) in [6.07, 6.45) is 3.76. The lowest BCUT2D eigenvalue weighted by molar-refractivity contribution is 0.912. The highest BCUT2D eigenvalue weighted by Crippen LogP contribution is 2.25. The number of hydrogen-bond donors (Lipinski definition) is 1. The molecule has 1 N–H and O–H groups in total. The summed E-state index contributed by atoms with van der Waals surface area (Å²) in [6, 6.07) is 13.0. The summed E-state index contributed by atoms with van der Waals surface area (Å²) in [5.41, 5.74) is 6.58. The second kappa shape index (κ2) is 5.26. The molecule has 0 heterocycles. The first-order valence-electron chi connectivity index (χ1n) is 6.83. The molecular weight excluding hydrogens is 254 g/mol. The first-order chi connectivity index (χ1) is 9.22. The van der Waals surface area contributed by atoms with Gasteiger partial charge in [0.2, 0.25) is 0 Å². The molecule has 0 aromatic heterocycles. The van der Waals surface area contributed by atoms with Gasteiger partial charge in [-0.3, -0.25) is 0 Å². The second-order valence-electron chi connectivity index (χ2n) is 5.27. The number of anilines is 1. The average molecular weight is 272 g/mol. The van der Waals surface area contributed by atoms with E-state index in [0.717, 1.165) is 17.1 Å². The summed E-state index contributed by atoms with van der Waals surface area (Å²) in [4.78, 5) is 0. The maximum absolute atomic E-state index is 6.14. The highest BCUT2D eigenvalue weighted by atomic mass is 35.5. The smallest absolute Gasteiger partial charge is 0.0438 e. The number of nitrogens with one attached hydrogen (secondary N) is 1. The minimum absolute atomic E-state index is 0.818. The molecule has 1 nitrogen and oxygen atoms in total. The predicted octanol–water partition coefficient (Wildman–Crippen LogP) is 4.75. The zero-order chi connectivity index (χ0) is 13.2. The Labute approximate surface area is 119 Å². The Morgan fingerprint density at radius 2 is 1.89 bits per heavy atom. The third-order valence-electron chi connectivity index (χ3n) is 3.83. The molecule has 2 heteroatoms. The number of halogens is 1. The van der Waals surface area contributed by atoms with E-state index < -0.39 is 0 Å². The molecule has 0 radical (unpaired) electrons. The van der Waals surface area contributed by atoms with Crippen molar-refractivity contribution in [2.24, 2.45) is 0 Å². The number of benzene rings is 2. The average Bonchev–Trinajstić information content (AvgIpc) is 2.87. The van der Waals surface area contributed by atoms with Crippen LogP contribution in [0, 0.1) is 6.92 Å². The monoisotopic (exact) mass is 271 g/mol. The molecule has 3 rings (SSSR count). The van der Waals surface area contributed by atoms with Gasteiger partial charge in [-0.15, -0.1) is 0 Å². The quantitative estimate of drug-likeness (QED) is 0.849. The third kappa shape index (κ3) is 2.76. The molecule has 98 valence electrons. The number of hydrogen-bond acceptors (Lipinski definition) is 1. The van der Waals surface area contributed by atoms with Crippen molar-refractivity contribution in [2.45, 2.75) is 32.7 Å². The van der Waals surface area contributed by atoms with E-state index in [0.29, 0.717) is 0 Å². The Hall–Kier alpha value is -1.47. The van der Waals surface area contributed by atoms with Gasteiger partial charge in [0.1, 0.15) is 0 Å². The van der Waals surface area contributed by atoms with Crippen LogP contribution in [-0.4, -0.2) is 0 Å². The molecule has 0 spiro atoms. The minimum atomic E-state index is 0.818. The maximum Gasteiger partial charge on any atom is 0.0438 e. The van der Waals surface area contributed by atoms with Gasteiger partial charge in [-0.2, -0.15) is 0 Å². The van der Waals surface area contributed by atoms with E-state index in [4.69, 9.17) is 11.6 Å². The Bertz CT molecular complexity index is 604. The van der Waals surface area contributed by atoms with E-state index in [2.05, 4.69) is 35.6 Å². The highest BCUT2D eigenvalue weighted by Gasteiger charge is 2.10. The summed E-state index contributed by atoms with van der Waals surface area (Å²) >= 11 is 6.14. The maximum atomic E-state index is 6.14. The van der Waals surface area contributed by atoms with Crippen molar-refractivity contribution in [1.29, 1.82) is 0 Å². The van der Waals surface area contributed by atoms with Crippen LogP contribution >= 0.6 is 11.6 Å². The van der Waals surface area contributed by atoms with Crippen molar-refractivity contribution < 1.29 is 0 Å². The van der Waals surface area contributed by atoms with Crippen LogP contribution in [0.2, 0.25) is 5.02 Å². The van der Waals surface area contributed by atoms with Gasteiger partial charge in [0.05, 0.1) is 0 Å². The van der Waals surface area contributed by atoms with Crippen molar-refractivity contribution >= 4 is 17.3 Å². The SMILES string of the molecule is Cc1ccc(CNc2ccc3c(c2)CCC3)cc1Cl. The van der Waals surface area contributed by atoms with Gasteiger partial charge >= 0.3 is 0 Å². The molecule has 0 unspecified atom stereocenters. The van der Waals surface area contributed by atoms with Crippen LogP contribution in [0.4, 0.5) is 5.69 Å². The second-order valence-corrected chi connectivity index (χ2v) is 5.68. The molecule has 1 aliphatic carbocycles. The fourth-order valence-corrected chi connectivity index (χ4v) is 2.84. The normalized spacial score (nSPS) is 13.4. The standard InChI is InChI=1S/C17H18ClN/c1-12-5-6-13(9-17(12)18)11-19-16-8-7-14-3-2-4-15(14)10-16/h5-10,19H,2-4,11H2,1H3. The molecule has 0 bridgehead atoms. The Balaban J connectivity index is 1.70. The highest BCUT2D eigenvalue weighted by molar-refractivity contribution is 6.31. The molecular formula is C17H18ClN. The van der Waals surface area contributed by atoms with Gasteiger partial charge in [-0.05, 0) is 66.6 Å². The zero-order valence-corrected chi connectivity index (χ0v) is 11.9. The van der Waals surface area contributed by atoms with Gasteiger partial charge in [-0.1, -0.05) is 29.8 Å². The lowest BCUT2D eigenvalue weighted by Gasteiger charge is -2.09. The lowest BCUT2D eigenvalue weighted by Crippen LogP contribution is -2.00. The number of fused-ring (bicyclic) bond motifs is 1. The topological polar surface area (TPSA) is 12.0 Å². The zero-order valence-electron chi connectivity index (χ0n) is 11.2. The van der Waals surface area contributed by atoms with Crippen LogP contribution in [0.25, 0.3) is 0 Å². The molecule has 0 aliphatic heterocycles. The third-order valence-corrected chi connectivity index (χ3v) is 4.24. The Kier molecular flexibility index (Phi) is 3.48. The fraction of sp³-hybridized carbons (Fsp3) is 0.294. The lowest BCUT2D eigenvalue weighted by atomic mass is 10.1. The van der Waals surface area contributed by atoms with Gasteiger partial charge in [-0.25, -0.2) is 0 Å². The predicted molar refractivity (Wildman–Crippen MR) is 82.0 cm³/mol. The van der Waals surface area contributed by atoms with Crippen molar-refractivity contribution in [2.75, 3.05) is 5.32 Å². The van der Waals surface area contributed by atoms with Crippen LogP contribution < -0.4 is 5.32 Å². The van der Waals surface area contributed by atoms with Crippen LogP contribution in [-0.2, 0) is 19.4 Å². The van der Waals surface area contributed by atoms with Crippen molar-refractivity contribution in [3.63, 3.8) is 0 Å². The Morgan fingerprint density at radius 1 is 1.05 bits per heavy atom. The van der Waals surface area contributed by atoms with Crippen molar-refractivity contribution in [3.8, 4) is 0 Å². The van der Waals surface area contributed by atoms with Crippen LogP contribution in [0.15, 0.2) is 36.4 Å². The van der Waals surface area contributed by atoms with Crippen LogP contribution in [0.5, 0.6) is 0 Å². The number of aryl methyl sites for hydroxylation is 3. The molecule has 0 saturated heterocycles. The van der Waals surface area contributed by atoms with Gasteiger partial charge in [0, 0.05) is 17.3 Å². The molecule has 2 aromatic rings. The van der Waals surface area contributed by atoms with Gasteiger partial charge in [0.15, 0.2) is 0 Å². The van der Waals surface area contributed by atoms with Crippen LogP contribution in [0.1, 0.15) is 28.7 Å². The number of rotatable bonds is 3. The van der Waals surface area contributed by atoms with Gasteiger partial charge < -0.3 is 5.32 Å². The summed E-state index contributed by atoms with van der Waals surface area (Å²) in [5.74, 6) is 0. The molecule has 19 heavy (non-hydrogen) atoms. The van der Waals surface area contributed by atoms with E-state index in [-0.39, 0.29) is 0 Å². The van der Waals surface area contributed by atoms with E-state index in [1.54, 1.807) is 0 Å². The summed E-state index contributed by atoms with van der Waals surface area (Å²) < 4.78 is 0. The van der Waals surface area contributed by atoms with Crippen molar-refractivity contribution in [3.05, 3.63) is 63.7 Å². The minimum Gasteiger partial charge on any atom is -0.381 e. The molecule has 0 atom stereocenters. The molecule has 0 fully saturated rings. The molecule has 0 saturated carbocycles. The first-order valence-corrected chi connectivity index (χ1v) is 7.21. The fourth-order valence-electron chi connectivity index (χ4n) is 2.63. The van der Waals surface area contributed by atoms with E-state index in [1.807, 2.05) is 13.0 Å². The van der Waals surface area contributed by atoms with E-state index in [9.17, 15) is 0 Å². The van der Waals surface area contributed by atoms with E-state index >= 15 is 0 Å². The first kappa shape index (κ1) is 12.6. The molecule has 0 amide bonds. The molecule has 2 aromatic carbocycles. The summed E-state index contributed by atoms with van der Waals surface area (Å²) in [6.45, 7) is 2.85. The Morgan fingerprint density at radius 3 is 2.74 bits per heavy atom. The largest absolute Gasteiger partial charge is 0.381 e. The van der Waals surface area contributed by atoms with Crippen LogP contribution in [0.3, 0.4) is 0 Å². The van der Waals surface area contributed by atoms with Crippen molar-refractivity contribution in [1.82, 2.24) is 0 Å². The summed E-state index contributed by atoms with van der Waals surface area (Å²) in [7, 11) is 0.